The summed E-state index contributed by atoms with van der Waals surface area (Å²) in [7, 11) is -3.96. The SMILES string of the molecule is Cc1ccc(C#Cc2ccc(S(=O)(=O)NC(Cc3ccccc3)C(=O)O)s2)s1. The van der Waals surface area contributed by atoms with Gasteiger partial charge in [-0.1, -0.05) is 30.3 Å². The van der Waals surface area contributed by atoms with Crippen LogP contribution in [0.1, 0.15) is 20.2 Å². The Morgan fingerprint density at radius 1 is 1.04 bits per heavy atom. The second-order valence-electron chi connectivity index (χ2n) is 5.98. The van der Waals surface area contributed by atoms with Crippen LogP contribution >= 0.6 is 22.7 Å². The lowest BCUT2D eigenvalue weighted by molar-refractivity contribution is -0.138. The first-order chi connectivity index (χ1) is 13.3. The van der Waals surface area contributed by atoms with Crippen LogP contribution in [0.3, 0.4) is 0 Å². The monoisotopic (exact) mass is 431 g/mol. The molecule has 144 valence electrons. The third kappa shape index (κ3) is 5.30. The Balaban J connectivity index is 1.75. The topological polar surface area (TPSA) is 83.5 Å². The highest BCUT2D eigenvalue weighted by molar-refractivity contribution is 7.91. The number of carboxylic acid groups (broad SMARTS) is 1. The number of hydrogen-bond donors (Lipinski definition) is 2. The summed E-state index contributed by atoms with van der Waals surface area (Å²) in [4.78, 5) is 14.2. The minimum absolute atomic E-state index is 0.0403. The average molecular weight is 432 g/mol. The van der Waals surface area contributed by atoms with Gasteiger partial charge in [-0.3, -0.25) is 4.79 Å². The maximum Gasteiger partial charge on any atom is 0.322 e. The van der Waals surface area contributed by atoms with Crippen LogP contribution in [0.25, 0.3) is 0 Å². The van der Waals surface area contributed by atoms with Crippen LogP contribution in [0.5, 0.6) is 0 Å². The van der Waals surface area contributed by atoms with Gasteiger partial charge in [0.25, 0.3) is 10.0 Å². The number of aryl methyl sites for hydroxylation is 1. The zero-order valence-electron chi connectivity index (χ0n) is 14.9. The first-order valence-corrected chi connectivity index (χ1v) is 11.4. The van der Waals surface area contributed by atoms with Gasteiger partial charge in [-0.15, -0.1) is 22.7 Å². The molecule has 3 rings (SSSR count). The minimum atomic E-state index is -3.96. The molecule has 0 radical (unpaired) electrons. The zero-order valence-corrected chi connectivity index (χ0v) is 17.3. The van der Waals surface area contributed by atoms with Gasteiger partial charge in [-0.25, -0.2) is 8.42 Å². The molecule has 0 bridgehead atoms. The molecule has 1 unspecified atom stereocenters. The third-order valence-corrected chi connectivity index (χ3v) is 7.65. The Bertz CT molecular complexity index is 1130. The molecule has 5 nitrogen and oxygen atoms in total. The first-order valence-electron chi connectivity index (χ1n) is 8.31. The quantitative estimate of drug-likeness (QED) is 0.585. The largest absolute Gasteiger partial charge is 0.480 e. The van der Waals surface area contributed by atoms with Gasteiger partial charge in [0, 0.05) is 4.88 Å². The van der Waals surface area contributed by atoms with Crippen molar-refractivity contribution < 1.29 is 18.3 Å². The number of carbonyl (C=O) groups is 1. The lowest BCUT2D eigenvalue weighted by Crippen LogP contribution is -2.42. The number of carboxylic acids is 1. The molecule has 0 saturated heterocycles. The van der Waals surface area contributed by atoms with Crippen LogP contribution in [0.15, 0.2) is 58.8 Å². The Labute approximate surface area is 171 Å². The van der Waals surface area contributed by atoms with Crippen molar-refractivity contribution in [2.24, 2.45) is 0 Å². The molecule has 2 aromatic heterocycles. The fraction of sp³-hybridized carbons (Fsp3) is 0.150. The van der Waals surface area contributed by atoms with Gasteiger partial charge in [0.15, 0.2) is 0 Å². The predicted octanol–water partition coefficient (Wildman–Crippen LogP) is 3.49. The number of sulfonamides is 1. The summed E-state index contributed by atoms with van der Waals surface area (Å²) in [5, 5.41) is 9.42. The normalized spacial score (nSPS) is 12.2. The van der Waals surface area contributed by atoms with E-state index in [9.17, 15) is 18.3 Å². The lowest BCUT2D eigenvalue weighted by Gasteiger charge is -2.14. The predicted molar refractivity (Wildman–Crippen MR) is 111 cm³/mol. The Kier molecular flexibility index (Phi) is 6.31. The van der Waals surface area contributed by atoms with Crippen molar-refractivity contribution in [3.63, 3.8) is 0 Å². The van der Waals surface area contributed by atoms with Crippen molar-refractivity contribution in [2.75, 3.05) is 0 Å². The smallest absolute Gasteiger partial charge is 0.322 e. The standard InChI is InChI=1S/C20H17NO4S3/c1-14-7-8-16(26-14)9-10-17-11-12-19(27-17)28(24,25)21-18(20(22)23)13-15-5-3-2-4-6-15/h2-8,11-12,18,21H,13H2,1H3,(H,22,23). The Morgan fingerprint density at radius 2 is 1.68 bits per heavy atom. The number of nitrogens with one attached hydrogen (secondary N) is 1. The molecule has 8 heteroatoms. The summed E-state index contributed by atoms with van der Waals surface area (Å²) in [5.74, 6) is 4.74. The van der Waals surface area contributed by atoms with Crippen LogP contribution < -0.4 is 4.72 Å². The van der Waals surface area contributed by atoms with Crippen molar-refractivity contribution in [1.29, 1.82) is 0 Å². The van der Waals surface area contributed by atoms with E-state index in [0.717, 1.165) is 26.7 Å². The number of thiophene rings is 2. The Morgan fingerprint density at radius 3 is 2.29 bits per heavy atom. The van der Waals surface area contributed by atoms with E-state index in [1.807, 2.05) is 25.1 Å². The molecule has 1 atom stereocenters. The number of benzene rings is 1. The molecule has 1 aromatic carbocycles. The second-order valence-corrected chi connectivity index (χ2v) is 10.3. The van der Waals surface area contributed by atoms with Crippen molar-refractivity contribution in [1.82, 2.24) is 4.72 Å². The summed E-state index contributed by atoms with van der Waals surface area (Å²) >= 11 is 2.58. The molecule has 2 N–H and O–H groups in total. The summed E-state index contributed by atoms with van der Waals surface area (Å²) in [6.07, 6.45) is 0.0607. The van der Waals surface area contributed by atoms with Crippen molar-refractivity contribution in [2.45, 2.75) is 23.6 Å². The summed E-state index contributed by atoms with van der Waals surface area (Å²) < 4.78 is 27.6. The molecular weight excluding hydrogens is 414 g/mol. The number of aliphatic carboxylic acids is 1. The van der Waals surface area contributed by atoms with Crippen LogP contribution in [0.4, 0.5) is 0 Å². The van der Waals surface area contributed by atoms with Gasteiger partial charge in [0.05, 0.1) is 9.75 Å². The highest BCUT2D eigenvalue weighted by Crippen LogP contribution is 2.22. The van der Waals surface area contributed by atoms with Crippen molar-refractivity contribution in [3.05, 3.63) is 74.8 Å². The van der Waals surface area contributed by atoms with E-state index in [1.54, 1.807) is 41.7 Å². The van der Waals surface area contributed by atoms with E-state index in [2.05, 4.69) is 16.6 Å². The van der Waals surface area contributed by atoms with E-state index in [1.165, 1.54) is 6.07 Å². The molecule has 0 saturated carbocycles. The van der Waals surface area contributed by atoms with E-state index in [4.69, 9.17) is 0 Å². The molecule has 28 heavy (non-hydrogen) atoms. The third-order valence-electron chi connectivity index (χ3n) is 3.77. The summed E-state index contributed by atoms with van der Waals surface area (Å²) in [6.45, 7) is 1.99. The molecule has 2 heterocycles. The highest BCUT2D eigenvalue weighted by atomic mass is 32.2. The minimum Gasteiger partial charge on any atom is -0.480 e. The maximum absolute atomic E-state index is 12.6. The van der Waals surface area contributed by atoms with Crippen molar-refractivity contribution >= 4 is 38.7 Å². The molecule has 3 aromatic rings. The average Bonchev–Trinajstić information content (AvgIpc) is 3.29. The van der Waals surface area contributed by atoms with E-state index < -0.39 is 22.0 Å². The lowest BCUT2D eigenvalue weighted by atomic mass is 10.1. The Hall–Kier alpha value is -2.44. The first kappa shape index (κ1) is 20.3. The van der Waals surface area contributed by atoms with E-state index in [0.29, 0.717) is 4.88 Å². The van der Waals surface area contributed by atoms with Crippen molar-refractivity contribution in [3.8, 4) is 11.8 Å². The number of hydrogen-bond acceptors (Lipinski definition) is 5. The van der Waals surface area contributed by atoms with Crippen LogP contribution in [-0.4, -0.2) is 25.5 Å². The molecular formula is C20H17NO4S3. The van der Waals surface area contributed by atoms with E-state index >= 15 is 0 Å². The molecule has 0 spiro atoms. The molecule has 0 aliphatic carbocycles. The van der Waals surface area contributed by atoms with Gasteiger partial charge in [0.1, 0.15) is 10.3 Å². The molecule has 0 aliphatic rings. The van der Waals surface area contributed by atoms with E-state index in [-0.39, 0.29) is 10.6 Å². The summed E-state index contributed by atoms with van der Waals surface area (Å²) in [5.41, 5.74) is 0.738. The van der Waals surface area contributed by atoms with Crippen LogP contribution in [0.2, 0.25) is 0 Å². The van der Waals surface area contributed by atoms with Crippen LogP contribution in [-0.2, 0) is 21.2 Å². The van der Waals surface area contributed by atoms with Gasteiger partial charge < -0.3 is 5.11 Å². The van der Waals surface area contributed by atoms with Crippen LogP contribution in [0, 0.1) is 18.8 Å². The zero-order chi connectivity index (χ0) is 20.1. The number of rotatable bonds is 6. The highest BCUT2D eigenvalue weighted by Gasteiger charge is 2.26. The molecule has 0 fully saturated rings. The molecule has 0 aliphatic heterocycles. The van der Waals surface area contributed by atoms with Gasteiger partial charge >= 0.3 is 5.97 Å². The van der Waals surface area contributed by atoms with Gasteiger partial charge in [0.2, 0.25) is 0 Å². The fourth-order valence-corrected chi connectivity index (χ4v) is 5.52. The molecule has 0 amide bonds. The second kappa shape index (κ2) is 8.71. The fourth-order valence-electron chi connectivity index (χ4n) is 2.43. The maximum atomic E-state index is 12.6. The summed E-state index contributed by atoms with van der Waals surface area (Å²) in [6, 6.07) is 14.6. The van der Waals surface area contributed by atoms with Gasteiger partial charge in [-0.2, -0.15) is 4.72 Å². The van der Waals surface area contributed by atoms with Gasteiger partial charge in [-0.05, 0) is 55.0 Å².